The van der Waals surface area contributed by atoms with Crippen molar-refractivity contribution in [3.05, 3.63) is 64.5 Å². The molecule has 2 aliphatic carbocycles. The minimum absolute atomic E-state index is 0.00610. The number of halogens is 3. The van der Waals surface area contributed by atoms with Gasteiger partial charge in [-0.15, -0.1) is 0 Å². The molecule has 2 aromatic carbocycles. The lowest BCUT2D eigenvalue weighted by Gasteiger charge is -2.29. The lowest BCUT2D eigenvalue weighted by Crippen LogP contribution is -2.25. The fourth-order valence-corrected chi connectivity index (χ4v) is 5.58. The monoisotopic (exact) mass is 502 g/mol. The number of ether oxygens (including phenoxy) is 2. The SMILES string of the molecule is CCCCOc1ccc(C2CCC(OC(=O)c3ccc(C4CCC(C)CC4)c(F)c3F)CC2)c(F)c1. The van der Waals surface area contributed by atoms with E-state index in [0.717, 1.165) is 38.5 Å². The molecule has 0 bridgehead atoms. The molecule has 196 valence electrons. The third-order valence-corrected chi connectivity index (χ3v) is 7.91. The zero-order chi connectivity index (χ0) is 25.7. The van der Waals surface area contributed by atoms with Gasteiger partial charge in [0.25, 0.3) is 0 Å². The van der Waals surface area contributed by atoms with Gasteiger partial charge in [-0.25, -0.2) is 18.0 Å². The lowest BCUT2D eigenvalue weighted by atomic mass is 9.79. The van der Waals surface area contributed by atoms with Crippen molar-refractivity contribution < 1.29 is 27.4 Å². The van der Waals surface area contributed by atoms with Crippen LogP contribution in [0.4, 0.5) is 13.2 Å². The predicted octanol–water partition coefficient (Wildman–Crippen LogP) is 8.46. The second-order valence-electron chi connectivity index (χ2n) is 10.6. The van der Waals surface area contributed by atoms with Crippen LogP contribution in [0.15, 0.2) is 30.3 Å². The standard InChI is InChI=1S/C30H37F3O3/c1-3-4-17-35-23-13-14-24(27(31)18-23)20-9-11-22(12-10-20)36-30(34)26-16-15-25(28(32)29(26)33)21-7-5-19(2)6-8-21/h13-16,18-22H,3-12,17H2,1-2H3. The Balaban J connectivity index is 1.32. The molecule has 0 aromatic heterocycles. The number of unbranched alkanes of at least 4 members (excludes halogenated alkanes) is 1. The van der Waals surface area contributed by atoms with Crippen LogP contribution in [-0.2, 0) is 4.74 Å². The maximum atomic E-state index is 14.8. The first-order valence-electron chi connectivity index (χ1n) is 13.5. The molecule has 0 unspecified atom stereocenters. The Morgan fingerprint density at radius 2 is 1.50 bits per heavy atom. The number of hydrogen-bond acceptors (Lipinski definition) is 3. The number of hydrogen-bond donors (Lipinski definition) is 0. The van der Waals surface area contributed by atoms with E-state index in [4.69, 9.17) is 9.47 Å². The molecule has 6 heteroatoms. The van der Waals surface area contributed by atoms with Crippen LogP contribution in [0.25, 0.3) is 0 Å². The fourth-order valence-electron chi connectivity index (χ4n) is 5.58. The number of rotatable bonds is 8. The molecule has 2 saturated carbocycles. The van der Waals surface area contributed by atoms with Crippen LogP contribution in [0.3, 0.4) is 0 Å². The number of carbonyl (C=O) groups excluding carboxylic acids is 1. The van der Waals surface area contributed by atoms with E-state index in [1.807, 2.05) is 0 Å². The molecular formula is C30H37F3O3. The van der Waals surface area contributed by atoms with Crippen LogP contribution < -0.4 is 4.74 Å². The molecule has 3 nitrogen and oxygen atoms in total. The van der Waals surface area contributed by atoms with Gasteiger partial charge < -0.3 is 9.47 Å². The molecule has 0 amide bonds. The van der Waals surface area contributed by atoms with Gasteiger partial charge in [0.1, 0.15) is 17.7 Å². The van der Waals surface area contributed by atoms with Crippen molar-refractivity contribution in [3.63, 3.8) is 0 Å². The molecule has 0 atom stereocenters. The van der Waals surface area contributed by atoms with Gasteiger partial charge in [-0.1, -0.05) is 45.2 Å². The zero-order valence-electron chi connectivity index (χ0n) is 21.3. The van der Waals surface area contributed by atoms with Crippen molar-refractivity contribution in [1.29, 1.82) is 0 Å². The van der Waals surface area contributed by atoms with E-state index in [-0.39, 0.29) is 23.2 Å². The fraction of sp³-hybridized carbons (Fsp3) is 0.567. The summed E-state index contributed by atoms with van der Waals surface area (Å²) in [6, 6.07) is 7.92. The van der Waals surface area contributed by atoms with E-state index >= 15 is 0 Å². The molecule has 4 rings (SSSR count). The molecule has 0 heterocycles. The van der Waals surface area contributed by atoms with Gasteiger partial charge in [0.2, 0.25) is 0 Å². The first-order chi connectivity index (χ1) is 17.4. The van der Waals surface area contributed by atoms with E-state index in [0.29, 0.717) is 55.1 Å². The van der Waals surface area contributed by atoms with Gasteiger partial charge in [-0.05, 0) is 86.0 Å². The van der Waals surface area contributed by atoms with Crippen LogP contribution in [0, 0.1) is 23.4 Å². The quantitative estimate of drug-likeness (QED) is 0.268. The van der Waals surface area contributed by atoms with Gasteiger partial charge in [0.15, 0.2) is 11.6 Å². The molecule has 0 spiro atoms. The zero-order valence-corrected chi connectivity index (χ0v) is 21.3. The molecule has 2 fully saturated rings. The highest BCUT2D eigenvalue weighted by Gasteiger charge is 2.30. The van der Waals surface area contributed by atoms with Crippen molar-refractivity contribution in [2.75, 3.05) is 6.61 Å². The summed E-state index contributed by atoms with van der Waals surface area (Å²) in [5.41, 5.74) is 0.649. The highest BCUT2D eigenvalue weighted by Crippen LogP contribution is 2.39. The summed E-state index contributed by atoms with van der Waals surface area (Å²) < 4.78 is 55.5. The number of benzene rings is 2. The Labute approximate surface area is 212 Å². The molecule has 2 aromatic rings. The van der Waals surface area contributed by atoms with E-state index in [1.54, 1.807) is 18.2 Å². The Hall–Kier alpha value is -2.50. The van der Waals surface area contributed by atoms with Gasteiger partial charge in [0, 0.05) is 6.07 Å². The van der Waals surface area contributed by atoms with Gasteiger partial charge in [0.05, 0.1) is 12.2 Å². The molecule has 2 aliphatic rings. The molecule has 0 saturated heterocycles. The van der Waals surface area contributed by atoms with Crippen LogP contribution in [0.2, 0.25) is 0 Å². The Morgan fingerprint density at radius 1 is 0.861 bits per heavy atom. The Kier molecular flexibility index (Phi) is 8.97. The molecule has 0 N–H and O–H groups in total. The first kappa shape index (κ1) is 26.6. The number of esters is 1. The van der Waals surface area contributed by atoms with Crippen molar-refractivity contribution in [2.24, 2.45) is 5.92 Å². The minimum Gasteiger partial charge on any atom is -0.493 e. The van der Waals surface area contributed by atoms with E-state index < -0.39 is 23.7 Å². The Morgan fingerprint density at radius 3 is 2.17 bits per heavy atom. The van der Waals surface area contributed by atoms with Gasteiger partial charge >= 0.3 is 5.97 Å². The van der Waals surface area contributed by atoms with E-state index in [9.17, 15) is 18.0 Å². The summed E-state index contributed by atoms with van der Waals surface area (Å²) in [5, 5.41) is 0. The summed E-state index contributed by atoms with van der Waals surface area (Å²) in [5.74, 6) is -2.00. The molecule has 36 heavy (non-hydrogen) atoms. The molecular weight excluding hydrogens is 465 g/mol. The average Bonchev–Trinajstić information content (AvgIpc) is 2.87. The molecule has 0 aliphatic heterocycles. The largest absolute Gasteiger partial charge is 0.493 e. The van der Waals surface area contributed by atoms with E-state index in [2.05, 4.69) is 13.8 Å². The van der Waals surface area contributed by atoms with Crippen molar-refractivity contribution in [3.8, 4) is 5.75 Å². The van der Waals surface area contributed by atoms with Crippen molar-refractivity contribution in [2.45, 2.75) is 96.0 Å². The van der Waals surface area contributed by atoms with Crippen molar-refractivity contribution >= 4 is 5.97 Å². The second kappa shape index (κ2) is 12.2. The summed E-state index contributed by atoms with van der Waals surface area (Å²) in [6.45, 7) is 4.82. The predicted molar refractivity (Wildman–Crippen MR) is 134 cm³/mol. The molecule has 0 radical (unpaired) electrons. The average molecular weight is 503 g/mol. The van der Waals surface area contributed by atoms with Crippen LogP contribution in [-0.4, -0.2) is 18.7 Å². The van der Waals surface area contributed by atoms with Gasteiger partial charge in [-0.2, -0.15) is 0 Å². The summed E-state index contributed by atoms with van der Waals surface area (Å²) in [4.78, 5) is 12.7. The van der Waals surface area contributed by atoms with Crippen molar-refractivity contribution in [1.82, 2.24) is 0 Å². The maximum Gasteiger partial charge on any atom is 0.341 e. The van der Waals surface area contributed by atoms with Crippen LogP contribution in [0.5, 0.6) is 5.75 Å². The van der Waals surface area contributed by atoms with E-state index in [1.165, 1.54) is 12.1 Å². The topological polar surface area (TPSA) is 35.5 Å². The Bertz CT molecular complexity index is 1040. The summed E-state index contributed by atoms with van der Waals surface area (Å²) in [6.07, 6.45) is 7.61. The third kappa shape index (κ3) is 6.24. The smallest absolute Gasteiger partial charge is 0.341 e. The minimum atomic E-state index is -1.12. The normalized spacial score (nSPS) is 24.4. The highest BCUT2D eigenvalue weighted by atomic mass is 19.2. The third-order valence-electron chi connectivity index (χ3n) is 7.91. The summed E-state index contributed by atoms with van der Waals surface area (Å²) >= 11 is 0. The highest BCUT2D eigenvalue weighted by molar-refractivity contribution is 5.90. The summed E-state index contributed by atoms with van der Waals surface area (Å²) in [7, 11) is 0. The first-order valence-corrected chi connectivity index (χ1v) is 13.5. The second-order valence-corrected chi connectivity index (χ2v) is 10.6. The van der Waals surface area contributed by atoms with Gasteiger partial charge in [-0.3, -0.25) is 0 Å². The van der Waals surface area contributed by atoms with Crippen LogP contribution >= 0.6 is 0 Å². The number of carbonyl (C=O) groups is 1. The maximum absolute atomic E-state index is 14.8. The van der Waals surface area contributed by atoms with Crippen LogP contribution in [0.1, 0.15) is 111 Å². The lowest BCUT2D eigenvalue weighted by molar-refractivity contribution is 0.0188.